The second-order valence-electron chi connectivity index (χ2n) is 12.2. The molecule has 0 bridgehead atoms. The second kappa shape index (κ2) is 13.4. The molecule has 0 saturated carbocycles. The van der Waals surface area contributed by atoms with Gasteiger partial charge in [0, 0.05) is 47.5 Å². The molecule has 8 heteroatoms. The molecule has 1 atom stereocenters. The number of hydrogen-bond acceptors (Lipinski definition) is 4. The number of unbranched alkanes of at least 4 members (excludes halogenated alkanes) is 2. The van der Waals surface area contributed by atoms with Crippen LogP contribution in [0.4, 0.5) is 11.4 Å². The molecule has 0 radical (unpaired) electrons. The lowest BCUT2D eigenvalue weighted by molar-refractivity contribution is -0.433. The number of anilines is 1. The predicted molar refractivity (Wildman–Crippen MR) is 174 cm³/mol. The van der Waals surface area contributed by atoms with Crippen LogP contribution in [0, 0.1) is 0 Å². The van der Waals surface area contributed by atoms with Gasteiger partial charge in [0.15, 0.2) is 5.71 Å². The highest BCUT2D eigenvalue weighted by atomic mass is 32.2. The van der Waals surface area contributed by atoms with E-state index in [0.29, 0.717) is 25.8 Å². The van der Waals surface area contributed by atoms with Gasteiger partial charge in [-0.2, -0.15) is 13.0 Å². The molecule has 7 nitrogen and oxygen atoms in total. The molecule has 2 aromatic rings. The molecule has 0 spiro atoms. The van der Waals surface area contributed by atoms with E-state index in [0.717, 1.165) is 30.8 Å². The van der Waals surface area contributed by atoms with Crippen LogP contribution in [0.5, 0.6) is 0 Å². The Hall–Kier alpha value is -3.49. The van der Waals surface area contributed by atoms with Gasteiger partial charge in [-0.3, -0.25) is 9.35 Å². The Morgan fingerprint density at radius 3 is 2.33 bits per heavy atom. The fraction of sp³-hybridized carbons (Fsp3) is 0.429. The number of carbonyl (C=O) groups is 1. The quantitative estimate of drug-likeness (QED) is 0.103. The van der Waals surface area contributed by atoms with E-state index in [9.17, 15) is 17.8 Å². The first-order chi connectivity index (χ1) is 20.4. The monoisotopic (exact) mass is 605 g/mol. The van der Waals surface area contributed by atoms with E-state index < -0.39 is 16.1 Å². The largest absolute Gasteiger partial charge is 0.481 e. The Kier molecular flexibility index (Phi) is 10.1. The summed E-state index contributed by atoms with van der Waals surface area (Å²) >= 11 is 0. The topological polar surface area (TPSA) is 97.9 Å². The Morgan fingerprint density at radius 2 is 1.63 bits per heavy atom. The summed E-state index contributed by atoms with van der Waals surface area (Å²) in [5.41, 5.74) is 6.80. The van der Waals surface area contributed by atoms with Gasteiger partial charge in [-0.25, -0.2) is 0 Å². The third-order valence-corrected chi connectivity index (χ3v) is 9.65. The molecular formula is C35H45N2O5S+. The molecule has 0 fully saturated rings. The Labute approximate surface area is 256 Å². The number of aliphatic carboxylic acids is 1. The Bertz CT molecular complexity index is 1570. The van der Waals surface area contributed by atoms with E-state index in [1.54, 1.807) is 0 Å². The minimum atomic E-state index is -4.00. The van der Waals surface area contributed by atoms with Crippen molar-refractivity contribution >= 4 is 33.2 Å². The van der Waals surface area contributed by atoms with E-state index in [1.807, 2.05) is 12.1 Å². The maximum atomic E-state index is 11.3. The van der Waals surface area contributed by atoms with Crippen LogP contribution in [0.15, 0.2) is 84.6 Å². The number of fused-ring (bicyclic) bond motifs is 2. The summed E-state index contributed by atoms with van der Waals surface area (Å²) in [7, 11) is -4.00. The van der Waals surface area contributed by atoms with Crippen molar-refractivity contribution in [2.24, 2.45) is 0 Å². The van der Waals surface area contributed by atoms with Gasteiger partial charge in [0.1, 0.15) is 6.54 Å². The first-order valence-corrected chi connectivity index (χ1v) is 16.8. The van der Waals surface area contributed by atoms with Gasteiger partial charge in [0.25, 0.3) is 10.1 Å². The molecule has 1 unspecified atom stereocenters. The van der Waals surface area contributed by atoms with E-state index in [1.165, 1.54) is 22.5 Å². The predicted octanol–water partition coefficient (Wildman–Crippen LogP) is 7.17. The van der Waals surface area contributed by atoms with Crippen molar-refractivity contribution in [3.63, 3.8) is 0 Å². The molecule has 2 aliphatic rings. The number of hydrogen-bond donors (Lipinski definition) is 2. The lowest BCUT2D eigenvalue weighted by Gasteiger charge is -2.30. The summed E-state index contributed by atoms with van der Waals surface area (Å²) in [6.45, 7) is 10.4. The van der Waals surface area contributed by atoms with E-state index in [4.69, 9.17) is 5.11 Å². The molecule has 43 heavy (non-hydrogen) atoms. The highest BCUT2D eigenvalue weighted by Crippen LogP contribution is 2.50. The third kappa shape index (κ3) is 7.19. The van der Waals surface area contributed by atoms with Gasteiger partial charge in [-0.1, -0.05) is 61.0 Å². The molecule has 0 amide bonds. The first-order valence-electron chi connectivity index (χ1n) is 15.2. The van der Waals surface area contributed by atoms with Crippen LogP contribution in [0.2, 0.25) is 0 Å². The summed E-state index contributed by atoms with van der Waals surface area (Å²) in [6.07, 6.45) is 13.8. The maximum Gasteiger partial charge on any atom is 0.303 e. The number of nitrogens with zero attached hydrogens (tertiary/aromatic N) is 2. The van der Waals surface area contributed by atoms with Crippen molar-refractivity contribution in [3.05, 3.63) is 95.7 Å². The van der Waals surface area contributed by atoms with Crippen molar-refractivity contribution in [2.45, 2.75) is 77.0 Å². The van der Waals surface area contributed by atoms with Crippen LogP contribution < -0.4 is 4.90 Å². The van der Waals surface area contributed by atoms with Crippen molar-refractivity contribution in [3.8, 4) is 0 Å². The number of rotatable bonds is 14. The summed E-state index contributed by atoms with van der Waals surface area (Å²) in [5.74, 6) is -1.04. The number of carboxylic acids is 1. The molecular weight excluding hydrogens is 560 g/mol. The first kappa shape index (κ1) is 32.4. The van der Waals surface area contributed by atoms with E-state index >= 15 is 0 Å². The number of allylic oxidation sites excluding steroid dienone is 6. The fourth-order valence-corrected chi connectivity index (χ4v) is 7.24. The van der Waals surface area contributed by atoms with Gasteiger partial charge in [-0.05, 0) is 71.1 Å². The van der Waals surface area contributed by atoms with E-state index in [2.05, 4.69) is 104 Å². The highest BCUT2D eigenvalue weighted by molar-refractivity contribution is 7.85. The molecule has 4 rings (SSSR count). The Morgan fingerprint density at radius 1 is 0.930 bits per heavy atom. The van der Waals surface area contributed by atoms with Crippen LogP contribution in [0.3, 0.4) is 0 Å². The third-order valence-electron chi connectivity index (χ3n) is 8.84. The molecule has 0 aromatic heterocycles. The minimum absolute atomic E-state index is 0.101. The number of para-hydroxylation sites is 2. The van der Waals surface area contributed by atoms with Gasteiger partial charge in [0.2, 0.25) is 5.69 Å². The highest BCUT2D eigenvalue weighted by Gasteiger charge is 2.44. The lowest BCUT2D eigenvalue weighted by Crippen LogP contribution is -2.29. The van der Waals surface area contributed by atoms with Crippen LogP contribution in [0.1, 0.15) is 77.3 Å². The average molecular weight is 606 g/mol. The number of carboxylic acid groups (broad SMARTS) is 1. The van der Waals surface area contributed by atoms with Gasteiger partial charge >= 0.3 is 5.97 Å². The van der Waals surface area contributed by atoms with Gasteiger partial charge in [0.05, 0.1) is 11.2 Å². The Balaban J connectivity index is 1.62. The van der Waals surface area contributed by atoms with Gasteiger partial charge < -0.3 is 10.0 Å². The van der Waals surface area contributed by atoms with Crippen LogP contribution in [0.25, 0.3) is 0 Å². The summed E-state index contributed by atoms with van der Waals surface area (Å²) in [4.78, 5) is 13.4. The normalized spacial score (nSPS) is 20.5. The molecule has 2 heterocycles. The molecule has 0 aliphatic carbocycles. The van der Waals surface area contributed by atoms with Crippen LogP contribution >= 0.6 is 0 Å². The van der Waals surface area contributed by atoms with Crippen LogP contribution in [-0.4, -0.2) is 53.2 Å². The standard InChI is InChI=1S/C35H44N2O5S/c1-5-36-29-19-11-9-17-27(29)34(2,3)31(36)21-7-6-8-22-32-35(4,24-14-13-23-33(38)39)28-18-10-12-20-30(28)37(32)25-15-16-26-43(40,41)42/h6-12,17-22H,5,13-16,23-26H2,1-4H3,(H-,38,39,40,41,42)/p+1. The maximum absolute atomic E-state index is 11.3. The van der Waals surface area contributed by atoms with Crippen molar-refractivity contribution in [1.29, 1.82) is 0 Å². The smallest absolute Gasteiger partial charge is 0.303 e. The SMILES string of the molecule is CC[N+]1=C(/C=C/C=C/C=C2/N(CCCCS(=O)(=O)O)c3ccccc3C2(C)CCCCC(=O)O)C(C)(C)c2ccccc21. The molecule has 2 N–H and O–H groups in total. The minimum Gasteiger partial charge on any atom is -0.481 e. The van der Waals surface area contributed by atoms with Crippen molar-refractivity contribution in [2.75, 3.05) is 23.7 Å². The second-order valence-corrected chi connectivity index (χ2v) is 13.7. The summed E-state index contributed by atoms with van der Waals surface area (Å²) in [6, 6.07) is 16.8. The van der Waals surface area contributed by atoms with Crippen molar-refractivity contribution < 1.29 is 27.4 Å². The zero-order valence-corrected chi connectivity index (χ0v) is 26.6. The lowest BCUT2D eigenvalue weighted by atomic mass is 9.77. The molecule has 2 aliphatic heterocycles. The average Bonchev–Trinajstić information content (AvgIpc) is 3.32. The van der Waals surface area contributed by atoms with Crippen molar-refractivity contribution in [1.82, 2.24) is 0 Å². The fourth-order valence-electron chi connectivity index (χ4n) is 6.67. The van der Waals surface area contributed by atoms with Gasteiger partial charge in [-0.15, -0.1) is 0 Å². The number of benzene rings is 2. The van der Waals surface area contributed by atoms with Crippen LogP contribution in [-0.2, 0) is 25.7 Å². The molecule has 2 aromatic carbocycles. The molecule has 0 saturated heterocycles. The zero-order chi connectivity index (χ0) is 31.3. The zero-order valence-electron chi connectivity index (χ0n) is 25.8. The summed E-state index contributed by atoms with van der Waals surface area (Å²) < 4.78 is 34.2. The molecule has 230 valence electrons. The van der Waals surface area contributed by atoms with E-state index in [-0.39, 0.29) is 23.0 Å². The summed E-state index contributed by atoms with van der Waals surface area (Å²) in [5, 5.41) is 9.16.